The van der Waals surface area contributed by atoms with Crippen LogP contribution in [0.4, 0.5) is 5.69 Å². The molecule has 0 unspecified atom stereocenters. The van der Waals surface area contributed by atoms with E-state index >= 15 is 0 Å². The maximum Gasteiger partial charge on any atom is 0.336 e. The van der Waals surface area contributed by atoms with Crippen LogP contribution in [0.5, 0.6) is 0 Å². The Bertz CT molecular complexity index is 1180. The fraction of sp³-hybridized carbons (Fsp3) is 0.375. The van der Waals surface area contributed by atoms with Crippen LogP contribution in [-0.2, 0) is 14.8 Å². The summed E-state index contributed by atoms with van der Waals surface area (Å²) < 4.78 is 32.7. The second-order valence-electron chi connectivity index (χ2n) is 8.57. The summed E-state index contributed by atoms with van der Waals surface area (Å²) in [5, 5.41) is 13.1. The van der Waals surface area contributed by atoms with Crippen LogP contribution in [0, 0.1) is 12.8 Å². The molecule has 0 bridgehead atoms. The number of allylic oxidation sites excluding steroid dienone is 2. The number of carbonyl (C=O) groups is 1. The van der Waals surface area contributed by atoms with Crippen LogP contribution in [0.15, 0.2) is 53.4 Å². The van der Waals surface area contributed by atoms with E-state index in [0.29, 0.717) is 37.8 Å². The first-order chi connectivity index (χ1) is 15.4. The van der Waals surface area contributed by atoms with Crippen molar-refractivity contribution in [2.75, 3.05) is 31.6 Å². The van der Waals surface area contributed by atoms with Gasteiger partial charge in [0.1, 0.15) is 0 Å². The summed E-state index contributed by atoms with van der Waals surface area (Å²) in [6.07, 6.45) is 5.29. The van der Waals surface area contributed by atoms with E-state index in [4.69, 9.17) is 4.74 Å². The van der Waals surface area contributed by atoms with Crippen molar-refractivity contribution >= 4 is 21.7 Å². The van der Waals surface area contributed by atoms with Crippen molar-refractivity contribution in [3.05, 3.63) is 70.8 Å². The largest absolute Gasteiger partial charge is 0.478 e. The van der Waals surface area contributed by atoms with Gasteiger partial charge in [-0.15, -0.1) is 0 Å². The van der Waals surface area contributed by atoms with Gasteiger partial charge in [0.05, 0.1) is 29.7 Å². The lowest BCUT2D eigenvalue weighted by Crippen LogP contribution is -2.40. The van der Waals surface area contributed by atoms with E-state index in [2.05, 4.69) is 17.5 Å². The Kier molecular flexibility index (Phi) is 5.31. The monoisotopic (exact) mass is 454 g/mol. The number of benzene rings is 2. The van der Waals surface area contributed by atoms with Crippen molar-refractivity contribution in [2.45, 2.75) is 30.2 Å². The van der Waals surface area contributed by atoms with E-state index in [0.717, 1.165) is 28.8 Å². The first kappa shape index (κ1) is 21.2. The van der Waals surface area contributed by atoms with Gasteiger partial charge in [-0.05, 0) is 54.2 Å². The van der Waals surface area contributed by atoms with Gasteiger partial charge in [-0.1, -0.05) is 30.4 Å². The molecule has 1 saturated heterocycles. The Morgan fingerprint density at radius 2 is 1.84 bits per heavy atom. The number of hydrogen-bond acceptors (Lipinski definition) is 5. The summed E-state index contributed by atoms with van der Waals surface area (Å²) in [7, 11) is -3.54. The summed E-state index contributed by atoms with van der Waals surface area (Å²) in [6.45, 7) is 3.40. The molecule has 2 aliphatic heterocycles. The minimum atomic E-state index is -3.54. The molecule has 0 saturated carbocycles. The second kappa shape index (κ2) is 8.03. The topological polar surface area (TPSA) is 95.9 Å². The smallest absolute Gasteiger partial charge is 0.336 e. The van der Waals surface area contributed by atoms with Crippen LogP contribution in [0.1, 0.15) is 45.4 Å². The van der Waals surface area contributed by atoms with Gasteiger partial charge < -0.3 is 15.2 Å². The number of sulfonamides is 1. The van der Waals surface area contributed by atoms with Crippen molar-refractivity contribution in [1.29, 1.82) is 0 Å². The average molecular weight is 455 g/mol. The standard InChI is InChI=1S/C24H26N2O5S/c1-15-18(24(27)28)9-10-21-19-3-2-4-20(19)23(25-22(15)21)16-5-7-17(8-6-16)32(29,30)26-11-13-31-14-12-26/h2-3,5-10,19-20,23,25H,4,11-14H2,1H3,(H,27,28)/t19-,20+,23-/m1/s1. The minimum Gasteiger partial charge on any atom is -0.478 e. The third-order valence-electron chi connectivity index (χ3n) is 6.87. The van der Waals surface area contributed by atoms with Crippen molar-refractivity contribution in [2.24, 2.45) is 5.92 Å². The number of fused-ring (bicyclic) bond motifs is 3. The van der Waals surface area contributed by atoms with Gasteiger partial charge in [0.25, 0.3) is 0 Å². The zero-order valence-corrected chi connectivity index (χ0v) is 18.6. The molecule has 2 heterocycles. The minimum absolute atomic E-state index is 0.0367. The highest BCUT2D eigenvalue weighted by Crippen LogP contribution is 2.51. The number of ether oxygens (including phenoxy) is 1. The van der Waals surface area contributed by atoms with Gasteiger partial charge in [-0.2, -0.15) is 4.31 Å². The Morgan fingerprint density at radius 1 is 1.12 bits per heavy atom. The van der Waals surface area contributed by atoms with Gasteiger partial charge in [0, 0.05) is 24.7 Å². The van der Waals surface area contributed by atoms with Gasteiger partial charge in [0.2, 0.25) is 10.0 Å². The predicted molar refractivity (Wildman–Crippen MR) is 121 cm³/mol. The van der Waals surface area contributed by atoms with E-state index in [9.17, 15) is 18.3 Å². The quantitative estimate of drug-likeness (QED) is 0.686. The SMILES string of the molecule is Cc1c(C(=O)O)ccc2c1N[C@H](c1ccc(S(=O)(=O)N3CCOCC3)cc1)[C@H]1CC=C[C@@H]21. The second-order valence-corrected chi connectivity index (χ2v) is 10.5. The molecule has 1 aliphatic carbocycles. The number of aromatic carboxylic acids is 1. The molecule has 3 atom stereocenters. The number of morpholine rings is 1. The molecule has 2 aromatic rings. The molecule has 0 spiro atoms. The number of hydrogen-bond donors (Lipinski definition) is 2. The molecule has 0 radical (unpaired) electrons. The molecule has 32 heavy (non-hydrogen) atoms. The molecule has 5 rings (SSSR count). The van der Waals surface area contributed by atoms with Gasteiger partial charge in [0.15, 0.2) is 0 Å². The van der Waals surface area contributed by atoms with Crippen LogP contribution in [0.25, 0.3) is 0 Å². The van der Waals surface area contributed by atoms with Crippen LogP contribution in [0.2, 0.25) is 0 Å². The Labute approximate surface area is 187 Å². The number of carboxylic acids is 1. The molecule has 0 amide bonds. The van der Waals surface area contributed by atoms with Crippen molar-refractivity contribution in [3.63, 3.8) is 0 Å². The highest BCUT2D eigenvalue weighted by Gasteiger charge is 2.39. The van der Waals surface area contributed by atoms with E-state index in [1.807, 2.05) is 25.1 Å². The maximum absolute atomic E-state index is 13.0. The Hall–Kier alpha value is -2.68. The summed E-state index contributed by atoms with van der Waals surface area (Å²) in [5.41, 5.74) is 4.00. The lowest BCUT2D eigenvalue weighted by atomic mass is 9.76. The lowest BCUT2D eigenvalue weighted by Gasteiger charge is -2.38. The van der Waals surface area contributed by atoms with Gasteiger partial charge in [-0.25, -0.2) is 13.2 Å². The number of rotatable bonds is 4. The van der Waals surface area contributed by atoms with E-state index in [1.54, 1.807) is 18.2 Å². The van der Waals surface area contributed by atoms with Crippen LogP contribution in [-0.4, -0.2) is 50.1 Å². The normalized spacial score (nSPS) is 25.1. The number of anilines is 1. The number of nitrogens with zero attached hydrogens (tertiary/aromatic N) is 1. The third-order valence-corrected chi connectivity index (χ3v) is 8.79. The van der Waals surface area contributed by atoms with Crippen molar-refractivity contribution in [1.82, 2.24) is 4.31 Å². The molecular formula is C24H26N2O5S. The zero-order valence-electron chi connectivity index (χ0n) is 17.8. The van der Waals surface area contributed by atoms with Crippen molar-refractivity contribution < 1.29 is 23.1 Å². The number of carboxylic acid groups (broad SMARTS) is 1. The van der Waals surface area contributed by atoms with E-state index in [1.165, 1.54) is 4.31 Å². The van der Waals surface area contributed by atoms with E-state index < -0.39 is 16.0 Å². The molecule has 2 aromatic carbocycles. The predicted octanol–water partition coefficient (Wildman–Crippen LogP) is 3.54. The highest BCUT2D eigenvalue weighted by atomic mass is 32.2. The molecule has 8 heteroatoms. The van der Waals surface area contributed by atoms with Crippen LogP contribution >= 0.6 is 0 Å². The Balaban J connectivity index is 1.48. The lowest BCUT2D eigenvalue weighted by molar-refractivity contribution is 0.0696. The summed E-state index contributed by atoms with van der Waals surface area (Å²) in [6, 6.07) is 10.7. The molecular weight excluding hydrogens is 428 g/mol. The van der Waals surface area contributed by atoms with Gasteiger partial charge >= 0.3 is 5.97 Å². The number of nitrogens with one attached hydrogen (secondary N) is 1. The molecule has 7 nitrogen and oxygen atoms in total. The Morgan fingerprint density at radius 3 is 2.53 bits per heavy atom. The fourth-order valence-corrected chi connectivity index (χ4v) is 6.57. The molecule has 3 aliphatic rings. The summed E-state index contributed by atoms with van der Waals surface area (Å²) in [4.78, 5) is 11.9. The van der Waals surface area contributed by atoms with Crippen molar-refractivity contribution in [3.8, 4) is 0 Å². The molecule has 168 valence electrons. The van der Waals surface area contributed by atoms with Crippen LogP contribution < -0.4 is 5.32 Å². The summed E-state index contributed by atoms with van der Waals surface area (Å²) in [5.74, 6) is -0.445. The first-order valence-electron chi connectivity index (χ1n) is 10.9. The van der Waals surface area contributed by atoms with E-state index in [-0.39, 0.29) is 16.9 Å². The average Bonchev–Trinajstić information content (AvgIpc) is 3.30. The van der Waals surface area contributed by atoms with Crippen LogP contribution in [0.3, 0.4) is 0 Å². The fourth-order valence-electron chi connectivity index (χ4n) is 5.16. The highest BCUT2D eigenvalue weighted by molar-refractivity contribution is 7.89. The molecule has 1 fully saturated rings. The zero-order chi connectivity index (χ0) is 22.5. The maximum atomic E-state index is 13.0. The first-order valence-corrected chi connectivity index (χ1v) is 12.3. The molecule has 2 N–H and O–H groups in total. The van der Waals surface area contributed by atoms with Gasteiger partial charge in [-0.3, -0.25) is 0 Å². The molecule has 0 aromatic heterocycles. The summed E-state index contributed by atoms with van der Waals surface area (Å²) >= 11 is 0. The third kappa shape index (κ3) is 3.43.